The van der Waals surface area contributed by atoms with E-state index in [1.54, 1.807) is 12.1 Å². The summed E-state index contributed by atoms with van der Waals surface area (Å²) in [5.74, 6) is 0.466. The van der Waals surface area contributed by atoms with Crippen LogP contribution in [0.15, 0.2) is 46.9 Å². The van der Waals surface area contributed by atoms with Crippen LogP contribution in [0.25, 0.3) is 16.4 Å². The van der Waals surface area contributed by atoms with E-state index in [-0.39, 0.29) is 5.16 Å². The second-order valence-corrected chi connectivity index (χ2v) is 7.72. The Balaban J connectivity index is 2.33. The zero-order valence-electron chi connectivity index (χ0n) is 10.9. The lowest BCUT2D eigenvalue weighted by atomic mass is 10.2. The standard InChI is InChI=1S/C13H10ClN3O2S2/c1-9-7-8-20-11(9)12-15-16-13(21(14,18)19)17(12)10-5-3-2-4-6-10/h2-8H,1H3. The number of benzene rings is 1. The molecule has 0 saturated heterocycles. The fourth-order valence-corrected chi connectivity index (χ4v) is 3.73. The number of hydrogen-bond acceptors (Lipinski definition) is 5. The van der Waals surface area contributed by atoms with Crippen LogP contribution in [0.1, 0.15) is 5.56 Å². The normalized spacial score (nSPS) is 11.7. The lowest BCUT2D eigenvalue weighted by molar-refractivity contribution is 0.597. The molecule has 0 aliphatic heterocycles. The van der Waals surface area contributed by atoms with Gasteiger partial charge in [-0.25, -0.2) is 8.42 Å². The summed E-state index contributed by atoms with van der Waals surface area (Å²) in [6.45, 7) is 1.94. The maximum Gasteiger partial charge on any atom is 0.297 e. The highest BCUT2D eigenvalue weighted by Gasteiger charge is 2.25. The molecule has 0 N–H and O–H groups in total. The van der Waals surface area contributed by atoms with Gasteiger partial charge in [0, 0.05) is 16.4 Å². The first kappa shape index (κ1) is 14.2. The highest BCUT2D eigenvalue weighted by molar-refractivity contribution is 8.13. The second kappa shape index (κ2) is 5.25. The van der Waals surface area contributed by atoms with Crippen LogP contribution in [0.5, 0.6) is 0 Å². The van der Waals surface area contributed by atoms with Crippen LogP contribution in [0, 0.1) is 6.92 Å². The third-order valence-corrected chi connectivity index (χ3v) is 5.06. The van der Waals surface area contributed by atoms with Gasteiger partial charge in [-0.1, -0.05) is 18.2 Å². The smallest absolute Gasteiger partial charge is 0.264 e. The summed E-state index contributed by atoms with van der Waals surface area (Å²) < 4.78 is 24.9. The molecular weight excluding hydrogens is 330 g/mol. The van der Waals surface area contributed by atoms with Crippen molar-refractivity contribution < 1.29 is 8.42 Å². The lowest BCUT2D eigenvalue weighted by Crippen LogP contribution is -2.05. The van der Waals surface area contributed by atoms with E-state index in [9.17, 15) is 8.42 Å². The first-order valence-corrected chi connectivity index (χ1v) is 9.17. The van der Waals surface area contributed by atoms with Crippen molar-refractivity contribution in [3.8, 4) is 16.4 Å². The van der Waals surface area contributed by atoms with Gasteiger partial charge in [-0.15, -0.1) is 21.5 Å². The summed E-state index contributed by atoms with van der Waals surface area (Å²) in [6, 6.07) is 11.0. The summed E-state index contributed by atoms with van der Waals surface area (Å²) in [4.78, 5) is 0.859. The Morgan fingerprint density at radius 3 is 2.43 bits per heavy atom. The second-order valence-electron chi connectivity index (χ2n) is 4.35. The van der Waals surface area contributed by atoms with Gasteiger partial charge in [0.25, 0.3) is 14.2 Å². The molecule has 0 bridgehead atoms. The Morgan fingerprint density at radius 1 is 1.14 bits per heavy atom. The van der Waals surface area contributed by atoms with Crippen LogP contribution in [0.2, 0.25) is 0 Å². The van der Waals surface area contributed by atoms with Gasteiger partial charge in [0.05, 0.1) is 4.88 Å². The highest BCUT2D eigenvalue weighted by Crippen LogP contribution is 2.31. The molecule has 3 aromatic rings. The highest BCUT2D eigenvalue weighted by atomic mass is 35.7. The molecule has 0 spiro atoms. The van der Waals surface area contributed by atoms with Gasteiger partial charge in [-0.2, -0.15) is 0 Å². The van der Waals surface area contributed by atoms with E-state index in [1.807, 2.05) is 36.6 Å². The molecule has 2 heterocycles. The maximum atomic E-state index is 11.7. The molecule has 0 saturated carbocycles. The molecule has 0 aliphatic carbocycles. The van der Waals surface area contributed by atoms with Crippen LogP contribution >= 0.6 is 22.0 Å². The van der Waals surface area contributed by atoms with Gasteiger partial charge in [0.15, 0.2) is 5.82 Å². The van der Waals surface area contributed by atoms with Gasteiger partial charge < -0.3 is 0 Å². The number of para-hydroxylation sites is 1. The van der Waals surface area contributed by atoms with E-state index in [1.165, 1.54) is 15.9 Å². The van der Waals surface area contributed by atoms with Crippen molar-refractivity contribution in [3.05, 3.63) is 47.3 Å². The SMILES string of the molecule is Cc1ccsc1-c1nnc(S(=O)(=O)Cl)n1-c1ccccc1. The molecule has 2 aromatic heterocycles. The van der Waals surface area contributed by atoms with E-state index < -0.39 is 9.05 Å². The van der Waals surface area contributed by atoms with E-state index in [0.29, 0.717) is 11.5 Å². The van der Waals surface area contributed by atoms with Crippen LogP contribution in [-0.4, -0.2) is 23.2 Å². The Morgan fingerprint density at radius 2 is 1.86 bits per heavy atom. The van der Waals surface area contributed by atoms with E-state index >= 15 is 0 Å². The summed E-state index contributed by atoms with van der Waals surface area (Å²) in [5, 5.41) is 9.42. The zero-order chi connectivity index (χ0) is 15.0. The topological polar surface area (TPSA) is 64.8 Å². The quantitative estimate of drug-likeness (QED) is 0.687. The van der Waals surface area contributed by atoms with Crippen molar-refractivity contribution in [3.63, 3.8) is 0 Å². The number of hydrogen-bond donors (Lipinski definition) is 0. The van der Waals surface area contributed by atoms with Gasteiger partial charge >= 0.3 is 0 Å². The van der Waals surface area contributed by atoms with Gasteiger partial charge in [-0.05, 0) is 36.1 Å². The summed E-state index contributed by atoms with van der Waals surface area (Å²) in [6.07, 6.45) is 0. The Kier molecular flexibility index (Phi) is 3.56. The monoisotopic (exact) mass is 339 g/mol. The minimum atomic E-state index is -4.00. The molecule has 0 unspecified atom stereocenters. The van der Waals surface area contributed by atoms with Crippen molar-refractivity contribution in [2.45, 2.75) is 12.1 Å². The zero-order valence-corrected chi connectivity index (χ0v) is 13.3. The van der Waals surface area contributed by atoms with E-state index in [2.05, 4.69) is 10.2 Å². The third-order valence-electron chi connectivity index (χ3n) is 2.93. The Hall–Kier alpha value is -1.70. The molecule has 8 heteroatoms. The van der Waals surface area contributed by atoms with Crippen molar-refractivity contribution in [1.29, 1.82) is 0 Å². The number of thiophene rings is 1. The third kappa shape index (κ3) is 2.59. The van der Waals surface area contributed by atoms with Crippen molar-refractivity contribution in [1.82, 2.24) is 14.8 Å². The van der Waals surface area contributed by atoms with Crippen molar-refractivity contribution in [2.24, 2.45) is 0 Å². The van der Waals surface area contributed by atoms with Crippen LogP contribution in [0.3, 0.4) is 0 Å². The van der Waals surface area contributed by atoms with E-state index in [0.717, 1.165) is 10.4 Å². The fraction of sp³-hybridized carbons (Fsp3) is 0.0769. The summed E-state index contributed by atoms with van der Waals surface area (Å²) in [5.41, 5.74) is 1.65. The molecule has 3 rings (SSSR count). The molecule has 108 valence electrons. The van der Waals surface area contributed by atoms with Gasteiger partial charge in [0.2, 0.25) is 0 Å². The number of aryl methyl sites for hydroxylation is 1. The minimum absolute atomic E-state index is 0.279. The number of nitrogens with zero attached hydrogens (tertiary/aromatic N) is 3. The van der Waals surface area contributed by atoms with Gasteiger partial charge in [0.1, 0.15) is 0 Å². The molecule has 0 fully saturated rings. The van der Waals surface area contributed by atoms with Crippen molar-refractivity contribution >= 4 is 31.1 Å². The predicted octanol–water partition coefficient (Wildman–Crippen LogP) is 3.23. The molecular formula is C13H10ClN3O2S2. The summed E-state index contributed by atoms with van der Waals surface area (Å²) in [7, 11) is 1.48. The lowest BCUT2D eigenvalue weighted by Gasteiger charge is -2.08. The minimum Gasteiger partial charge on any atom is -0.264 e. The molecule has 5 nitrogen and oxygen atoms in total. The number of halogens is 1. The Bertz CT molecular complexity index is 885. The average molecular weight is 340 g/mol. The van der Waals surface area contributed by atoms with Crippen LogP contribution < -0.4 is 0 Å². The van der Waals surface area contributed by atoms with Gasteiger partial charge in [-0.3, -0.25) is 4.57 Å². The maximum absolute atomic E-state index is 11.7. The van der Waals surface area contributed by atoms with Crippen molar-refractivity contribution in [2.75, 3.05) is 0 Å². The fourth-order valence-electron chi connectivity index (χ4n) is 1.99. The molecule has 0 amide bonds. The first-order valence-electron chi connectivity index (χ1n) is 5.98. The van der Waals surface area contributed by atoms with Crippen LogP contribution in [0.4, 0.5) is 0 Å². The number of rotatable bonds is 3. The molecule has 0 aliphatic rings. The molecule has 1 aromatic carbocycles. The molecule has 21 heavy (non-hydrogen) atoms. The van der Waals surface area contributed by atoms with E-state index in [4.69, 9.17) is 10.7 Å². The molecule has 0 atom stereocenters. The number of aromatic nitrogens is 3. The largest absolute Gasteiger partial charge is 0.297 e. The van der Waals surface area contributed by atoms with Crippen LogP contribution in [-0.2, 0) is 9.05 Å². The Labute approximate surface area is 130 Å². The molecule has 0 radical (unpaired) electrons. The first-order chi connectivity index (χ1) is 9.98. The average Bonchev–Trinajstić information content (AvgIpc) is 3.04. The summed E-state index contributed by atoms with van der Waals surface area (Å²) >= 11 is 1.47. The predicted molar refractivity (Wildman–Crippen MR) is 82.4 cm³/mol.